The van der Waals surface area contributed by atoms with Crippen LogP contribution < -0.4 is 10.6 Å². The minimum atomic E-state index is -0.761. The van der Waals surface area contributed by atoms with Crippen LogP contribution in [0, 0.1) is 12.3 Å². The highest BCUT2D eigenvalue weighted by molar-refractivity contribution is 7.13. The number of amides is 3. The fourth-order valence-electron chi connectivity index (χ4n) is 4.86. The number of nitrogens with zero attached hydrogens (tertiary/aromatic N) is 2. The van der Waals surface area contributed by atoms with E-state index in [1.54, 1.807) is 16.2 Å². The zero-order valence-electron chi connectivity index (χ0n) is 26.3. The molecular weight excluding hydrogens is 568 g/mol. The summed E-state index contributed by atoms with van der Waals surface area (Å²) < 4.78 is 16.3. The predicted octanol–water partition coefficient (Wildman–Crippen LogP) is 4.11. The maximum atomic E-state index is 13.7. The third kappa shape index (κ3) is 11.0. The predicted molar refractivity (Wildman–Crippen MR) is 168 cm³/mol. The Morgan fingerprint density at radius 2 is 1.67 bits per heavy atom. The third-order valence-electron chi connectivity index (χ3n) is 7.25. The Bertz CT molecular complexity index is 1160. The van der Waals surface area contributed by atoms with Gasteiger partial charge in [0.15, 0.2) is 0 Å². The van der Waals surface area contributed by atoms with E-state index in [0.29, 0.717) is 45.9 Å². The van der Waals surface area contributed by atoms with Crippen LogP contribution in [0.1, 0.15) is 64.6 Å². The molecule has 3 rings (SSSR count). The molecule has 2 atom stereocenters. The number of aromatic nitrogens is 1. The van der Waals surface area contributed by atoms with Crippen LogP contribution in [-0.2, 0) is 35.1 Å². The molecule has 3 amide bonds. The van der Waals surface area contributed by atoms with Gasteiger partial charge in [0.25, 0.3) is 0 Å². The van der Waals surface area contributed by atoms with Gasteiger partial charge in [-0.3, -0.25) is 14.4 Å². The Morgan fingerprint density at radius 1 is 1.02 bits per heavy atom. The lowest BCUT2D eigenvalue weighted by Crippen LogP contribution is -2.57. The zero-order chi connectivity index (χ0) is 31.2. The molecule has 0 aliphatic carbocycles. The number of rotatable bonds is 17. The molecule has 2 N–H and O–H groups in total. The highest BCUT2D eigenvalue weighted by atomic mass is 32.1. The first-order valence-corrected chi connectivity index (χ1v) is 16.1. The van der Waals surface area contributed by atoms with E-state index in [9.17, 15) is 14.4 Å². The number of ether oxygens (including phenoxy) is 3. The van der Waals surface area contributed by atoms with Gasteiger partial charge in [-0.2, -0.15) is 0 Å². The van der Waals surface area contributed by atoms with Crippen molar-refractivity contribution in [2.45, 2.75) is 78.9 Å². The van der Waals surface area contributed by atoms with Gasteiger partial charge in [0.2, 0.25) is 17.7 Å². The molecule has 0 spiro atoms. The van der Waals surface area contributed by atoms with Crippen molar-refractivity contribution in [3.05, 3.63) is 41.0 Å². The second-order valence-electron chi connectivity index (χ2n) is 11.8. The molecule has 0 bridgehead atoms. The largest absolute Gasteiger partial charge is 0.379 e. The molecule has 1 aromatic heterocycles. The standard InChI is InChI=1S/C32H48N4O6S/c1-6-15-40-17-19-42-20-18-41-16-13-27(37)35-29(32(3,4)5)31(39)36-14-7-8-26(36)30(38)33-21-24-9-11-25(12-10-24)28-23(2)34-22-43-28/h9-12,22,26,29H,6-8,13-21H2,1-5H3,(H,33,38)(H,35,37). The van der Waals surface area contributed by atoms with Crippen LogP contribution in [0.25, 0.3) is 10.4 Å². The number of carbonyl (C=O) groups excluding carboxylic acids is 3. The lowest BCUT2D eigenvalue weighted by Gasteiger charge is -2.35. The second kappa shape index (κ2) is 17.4. The summed E-state index contributed by atoms with van der Waals surface area (Å²) in [6, 6.07) is 6.74. The van der Waals surface area contributed by atoms with Crippen molar-refractivity contribution in [3.8, 4) is 10.4 Å². The summed E-state index contributed by atoms with van der Waals surface area (Å²) in [6.45, 7) is 13.5. The Hall–Kier alpha value is -2.86. The van der Waals surface area contributed by atoms with E-state index in [4.69, 9.17) is 14.2 Å². The molecule has 1 aliphatic rings. The maximum Gasteiger partial charge on any atom is 0.246 e. The van der Waals surface area contributed by atoms with Crippen molar-refractivity contribution in [2.24, 2.45) is 5.41 Å². The van der Waals surface area contributed by atoms with Crippen LogP contribution in [0.4, 0.5) is 0 Å². The van der Waals surface area contributed by atoms with E-state index in [0.717, 1.165) is 41.1 Å². The average molecular weight is 617 g/mol. The summed E-state index contributed by atoms with van der Waals surface area (Å²) in [5.74, 6) is -0.679. The minimum absolute atomic E-state index is 0.130. The first-order valence-electron chi connectivity index (χ1n) is 15.2. The van der Waals surface area contributed by atoms with Crippen molar-refractivity contribution >= 4 is 29.1 Å². The number of likely N-dealkylation sites (tertiary alicyclic amines) is 1. The lowest BCUT2D eigenvalue weighted by atomic mass is 9.85. The Balaban J connectivity index is 1.46. The molecule has 43 heavy (non-hydrogen) atoms. The molecule has 0 saturated carbocycles. The van der Waals surface area contributed by atoms with E-state index in [2.05, 4.69) is 22.5 Å². The zero-order valence-corrected chi connectivity index (χ0v) is 27.1. The fraction of sp³-hybridized carbons (Fsp3) is 0.625. The van der Waals surface area contributed by atoms with E-state index in [-0.39, 0.29) is 30.7 Å². The van der Waals surface area contributed by atoms with E-state index in [1.165, 1.54) is 0 Å². The van der Waals surface area contributed by atoms with E-state index in [1.807, 2.05) is 57.5 Å². The van der Waals surface area contributed by atoms with Crippen molar-refractivity contribution in [3.63, 3.8) is 0 Å². The van der Waals surface area contributed by atoms with Crippen molar-refractivity contribution in [1.29, 1.82) is 0 Å². The van der Waals surface area contributed by atoms with Gasteiger partial charge >= 0.3 is 0 Å². The summed E-state index contributed by atoms with van der Waals surface area (Å²) >= 11 is 1.60. The molecule has 11 heteroatoms. The highest BCUT2D eigenvalue weighted by Gasteiger charge is 2.41. The average Bonchev–Trinajstić information content (AvgIpc) is 3.64. The molecule has 0 radical (unpaired) electrons. The number of hydrogen-bond acceptors (Lipinski definition) is 8. The molecule has 1 saturated heterocycles. The Morgan fingerprint density at radius 3 is 2.28 bits per heavy atom. The number of nitrogens with one attached hydrogen (secondary N) is 2. The number of hydrogen-bond donors (Lipinski definition) is 2. The number of carbonyl (C=O) groups is 3. The first kappa shape index (κ1) is 34.6. The molecule has 2 aromatic rings. The molecule has 1 aliphatic heterocycles. The fourth-order valence-corrected chi connectivity index (χ4v) is 5.67. The minimum Gasteiger partial charge on any atom is -0.379 e. The number of aryl methyl sites for hydroxylation is 1. The highest BCUT2D eigenvalue weighted by Crippen LogP contribution is 2.28. The molecule has 2 heterocycles. The monoisotopic (exact) mass is 616 g/mol. The summed E-state index contributed by atoms with van der Waals surface area (Å²) in [7, 11) is 0. The van der Waals surface area contributed by atoms with Crippen LogP contribution in [0.3, 0.4) is 0 Å². The molecule has 238 valence electrons. The molecule has 2 unspecified atom stereocenters. The third-order valence-corrected chi connectivity index (χ3v) is 8.23. The van der Waals surface area contributed by atoms with Gasteiger partial charge < -0.3 is 29.7 Å². The quantitative estimate of drug-likeness (QED) is 0.257. The Kier molecular flexibility index (Phi) is 14.0. The van der Waals surface area contributed by atoms with Gasteiger partial charge in [0.05, 0.1) is 49.1 Å². The van der Waals surface area contributed by atoms with Crippen LogP contribution in [0.15, 0.2) is 29.8 Å². The van der Waals surface area contributed by atoms with Crippen LogP contribution >= 0.6 is 11.3 Å². The van der Waals surface area contributed by atoms with Gasteiger partial charge in [0, 0.05) is 26.1 Å². The summed E-state index contributed by atoms with van der Waals surface area (Å²) in [4.78, 5) is 46.7. The topological polar surface area (TPSA) is 119 Å². The molecule has 10 nitrogen and oxygen atoms in total. The number of benzene rings is 1. The first-order chi connectivity index (χ1) is 20.6. The van der Waals surface area contributed by atoms with Gasteiger partial charge in [-0.05, 0) is 42.7 Å². The SMILES string of the molecule is CCCOCCOCCOCCC(=O)NC(C(=O)N1CCCC1C(=O)NCc1ccc(-c2scnc2C)cc1)C(C)(C)C. The van der Waals surface area contributed by atoms with Crippen LogP contribution in [0.5, 0.6) is 0 Å². The summed E-state index contributed by atoms with van der Waals surface area (Å²) in [6.07, 6.45) is 2.43. The second-order valence-corrected chi connectivity index (χ2v) is 12.7. The van der Waals surface area contributed by atoms with Crippen LogP contribution in [-0.4, -0.2) is 85.9 Å². The molecule has 1 aromatic carbocycles. The molecular formula is C32H48N4O6S. The van der Waals surface area contributed by atoms with Crippen molar-refractivity contribution in [2.75, 3.05) is 46.2 Å². The Labute approximate surface area is 259 Å². The lowest BCUT2D eigenvalue weighted by molar-refractivity contribution is -0.144. The normalized spacial score (nSPS) is 15.8. The van der Waals surface area contributed by atoms with Crippen molar-refractivity contribution in [1.82, 2.24) is 20.5 Å². The van der Waals surface area contributed by atoms with Gasteiger partial charge in [0.1, 0.15) is 12.1 Å². The summed E-state index contributed by atoms with van der Waals surface area (Å²) in [5.41, 5.74) is 4.37. The number of thiazole rings is 1. The van der Waals surface area contributed by atoms with E-state index < -0.39 is 17.5 Å². The van der Waals surface area contributed by atoms with Gasteiger partial charge in [-0.25, -0.2) is 4.98 Å². The van der Waals surface area contributed by atoms with Gasteiger partial charge in [-0.15, -0.1) is 11.3 Å². The van der Waals surface area contributed by atoms with Gasteiger partial charge in [-0.1, -0.05) is 52.0 Å². The summed E-state index contributed by atoms with van der Waals surface area (Å²) in [5, 5.41) is 5.92. The smallest absolute Gasteiger partial charge is 0.246 e. The van der Waals surface area contributed by atoms with E-state index >= 15 is 0 Å². The van der Waals surface area contributed by atoms with Crippen molar-refractivity contribution < 1.29 is 28.6 Å². The van der Waals surface area contributed by atoms with Crippen LogP contribution in [0.2, 0.25) is 0 Å². The molecule has 1 fully saturated rings. The maximum absolute atomic E-state index is 13.7.